The number of nitrogens with one attached hydrogen (secondary N) is 3. The van der Waals surface area contributed by atoms with Crippen molar-refractivity contribution in [3.63, 3.8) is 0 Å². The van der Waals surface area contributed by atoms with Gasteiger partial charge >= 0.3 is 0 Å². The molecule has 1 fully saturated rings. The van der Waals surface area contributed by atoms with E-state index in [4.69, 9.17) is 4.98 Å². The van der Waals surface area contributed by atoms with Gasteiger partial charge in [0, 0.05) is 41.8 Å². The zero-order valence-corrected chi connectivity index (χ0v) is 21.4. The maximum atomic E-state index is 16.1. The average molecular weight is 534 g/mol. The minimum atomic E-state index is -0.565. The van der Waals surface area contributed by atoms with Gasteiger partial charge in [0.15, 0.2) is 11.6 Å². The Balaban J connectivity index is 1.26. The number of carbonyl (C=O) groups is 1. The second kappa shape index (κ2) is 9.92. The van der Waals surface area contributed by atoms with Crippen LogP contribution in [-0.4, -0.2) is 46.0 Å². The first kappa shape index (κ1) is 24.0. The van der Waals surface area contributed by atoms with Crippen LogP contribution >= 0.6 is 0 Å². The fraction of sp³-hybridized carbons (Fsp3) is 0.207. The number of fused-ring (bicyclic) bond motifs is 2. The number of nitrogens with zero attached hydrogens (tertiary/aromatic N) is 6. The fourth-order valence-electron chi connectivity index (χ4n) is 5.36. The monoisotopic (exact) mass is 533 g/mol. The number of H-pyrrole nitrogens is 2. The first-order chi connectivity index (χ1) is 19.7. The van der Waals surface area contributed by atoms with Crippen LogP contribution in [0, 0.1) is 11.7 Å². The van der Waals surface area contributed by atoms with Crippen molar-refractivity contribution < 1.29 is 9.18 Å². The Morgan fingerprint density at radius 3 is 2.62 bits per heavy atom. The van der Waals surface area contributed by atoms with E-state index in [9.17, 15) is 4.79 Å². The number of aromatic amines is 2. The highest BCUT2D eigenvalue weighted by atomic mass is 19.1. The molecule has 6 aromatic rings. The van der Waals surface area contributed by atoms with Gasteiger partial charge in [-0.15, -0.1) is 0 Å². The smallest absolute Gasteiger partial charge is 0.227 e. The van der Waals surface area contributed by atoms with Crippen LogP contribution in [0.25, 0.3) is 56.0 Å². The molecular weight excluding hydrogens is 509 g/mol. The van der Waals surface area contributed by atoms with Crippen LogP contribution in [0.2, 0.25) is 0 Å². The van der Waals surface area contributed by atoms with Crippen molar-refractivity contribution in [3.05, 3.63) is 67.3 Å². The zero-order chi connectivity index (χ0) is 27.1. The number of pyridine rings is 4. The fourth-order valence-corrected chi connectivity index (χ4v) is 5.36. The molecule has 10 nitrogen and oxygen atoms in total. The van der Waals surface area contributed by atoms with Crippen molar-refractivity contribution >= 4 is 33.5 Å². The Morgan fingerprint density at radius 2 is 1.77 bits per heavy atom. The molecular formula is C29H24FN9O. The van der Waals surface area contributed by atoms with Gasteiger partial charge < -0.3 is 10.3 Å². The van der Waals surface area contributed by atoms with Gasteiger partial charge in [0.1, 0.15) is 16.9 Å². The van der Waals surface area contributed by atoms with Gasteiger partial charge in [-0.3, -0.25) is 29.8 Å². The number of halogens is 1. The Hall–Kier alpha value is -5.06. The van der Waals surface area contributed by atoms with Crippen molar-refractivity contribution in [3.8, 4) is 34.0 Å². The van der Waals surface area contributed by atoms with Crippen LogP contribution in [-0.2, 0) is 4.79 Å². The summed E-state index contributed by atoms with van der Waals surface area (Å²) in [6, 6.07) is 7.24. The summed E-state index contributed by atoms with van der Waals surface area (Å²) < 4.78 is 16.1. The molecule has 0 aliphatic heterocycles. The molecule has 7 rings (SSSR count). The van der Waals surface area contributed by atoms with Crippen LogP contribution < -0.4 is 5.32 Å². The van der Waals surface area contributed by atoms with E-state index < -0.39 is 5.82 Å². The highest BCUT2D eigenvalue weighted by Gasteiger charge is 2.23. The minimum absolute atomic E-state index is 0.00483. The van der Waals surface area contributed by atoms with Crippen LogP contribution in [0.4, 0.5) is 10.1 Å². The standard InChI is InChI=1S/C29H24FN9O/c30-23-22-21(15-34-24(23)18-11-19(14-32-13-18)35-29(40)16-5-2-1-3-6-16)38-39-27(22)28-36-20-8-10-33-25(26(20)37-28)17-7-4-9-31-12-17/h4,7-16H,1-3,5-6H2,(H,35,40)(H,36,37)(H,38,39). The Labute approximate surface area is 227 Å². The second-order valence-corrected chi connectivity index (χ2v) is 9.95. The molecule has 1 aliphatic rings. The number of aromatic nitrogens is 8. The van der Waals surface area contributed by atoms with Gasteiger partial charge in [0.25, 0.3) is 0 Å². The lowest BCUT2D eigenvalue weighted by Gasteiger charge is -2.20. The summed E-state index contributed by atoms with van der Waals surface area (Å²) in [5, 5.41) is 10.4. The van der Waals surface area contributed by atoms with Crippen molar-refractivity contribution in [2.75, 3.05) is 5.32 Å². The van der Waals surface area contributed by atoms with Crippen LogP contribution in [0.5, 0.6) is 0 Å². The molecule has 198 valence electrons. The molecule has 0 saturated heterocycles. The molecule has 0 radical (unpaired) electrons. The zero-order valence-electron chi connectivity index (χ0n) is 21.4. The van der Waals surface area contributed by atoms with Gasteiger partial charge in [0.2, 0.25) is 5.91 Å². The maximum Gasteiger partial charge on any atom is 0.227 e. The third-order valence-corrected chi connectivity index (χ3v) is 7.36. The molecule has 1 aliphatic carbocycles. The van der Waals surface area contributed by atoms with Crippen molar-refractivity contribution in [2.24, 2.45) is 5.92 Å². The first-order valence-corrected chi connectivity index (χ1v) is 13.2. The lowest BCUT2D eigenvalue weighted by Crippen LogP contribution is -2.24. The van der Waals surface area contributed by atoms with Crippen molar-refractivity contribution in [2.45, 2.75) is 32.1 Å². The minimum Gasteiger partial charge on any atom is -0.336 e. The van der Waals surface area contributed by atoms with E-state index in [1.165, 1.54) is 18.8 Å². The predicted octanol–water partition coefficient (Wildman–Crippen LogP) is 5.68. The highest BCUT2D eigenvalue weighted by molar-refractivity contribution is 5.97. The van der Waals surface area contributed by atoms with Gasteiger partial charge in [-0.25, -0.2) is 9.37 Å². The molecule has 11 heteroatoms. The summed E-state index contributed by atoms with van der Waals surface area (Å²) in [5.74, 6) is -0.202. The molecule has 0 aromatic carbocycles. The topological polar surface area (TPSA) is 138 Å². The van der Waals surface area contributed by atoms with E-state index >= 15 is 4.39 Å². The summed E-state index contributed by atoms with van der Waals surface area (Å²) in [4.78, 5) is 38.0. The van der Waals surface area contributed by atoms with Crippen LogP contribution in [0.15, 0.2) is 61.4 Å². The quantitative estimate of drug-likeness (QED) is 0.259. The van der Waals surface area contributed by atoms with E-state index in [1.807, 2.05) is 18.2 Å². The van der Waals surface area contributed by atoms with Gasteiger partial charge in [-0.05, 0) is 37.1 Å². The number of carbonyl (C=O) groups excluding carboxylic acids is 1. The van der Waals surface area contributed by atoms with Crippen LogP contribution in [0.1, 0.15) is 32.1 Å². The lowest BCUT2D eigenvalue weighted by atomic mass is 9.88. The molecule has 3 N–H and O–H groups in total. The third kappa shape index (κ3) is 4.25. The molecule has 6 heterocycles. The van der Waals surface area contributed by atoms with Gasteiger partial charge in [-0.1, -0.05) is 19.3 Å². The second-order valence-electron chi connectivity index (χ2n) is 9.95. The SMILES string of the molecule is O=C(Nc1cncc(-c2ncc3[nH]nc(-c4nc5c(-c6cccnc6)nccc5[nH]4)c3c2F)c1)C1CCCCC1. The molecule has 0 spiro atoms. The number of amides is 1. The summed E-state index contributed by atoms with van der Waals surface area (Å²) in [5.41, 5.74) is 4.64. The Kier molecular flexibility index (Phi) is 5.95. The van der Waals surface area contributed by atoms with Crippen molar-refractivity contribution in [1.82, 2.24) is 40.1 Å². The van der Waals surface area contributed by atoms with E-state index in [-0.39, 0.29) is 22.9 Å². The summed E-state index contributed by atoms with van der Waals surface area (Å²) in [6.07, 6.45) is 14.8. The molecule has 0 bridgehead atoms. The predicted molar refractivity (Wildman–Crippen MR) is 148 cm³/mol. The number of anilines is 1. The van der Waals surface area contributed by atoms with Gasteiger partial charge in [0.05, 0.1) is 40.2 Å². The maximum absolute atomic E-state index is 16.1. The Morgan fingerprint density at radius 1 is 0.900 bits per heavy atom. The number of hydrogen-bond donors (Lipinski definition) is 3. The molecule has 0 atom stereocenters. The molecule has 0 unspecified atom stereocenters. The van der Waals surface area contributed by atoms with Crippen molar-refractivity contribution in [1.29, 1.82) is 0 Å². The average Bonchev–Trinajstić information content (AvgIpc) is 3.63. The van der Waals surface area contributed by atoms with E-state index in [0.29, 0.717) is 39.5 Å². The molecule has 40 heavy (non-hydrogen) atoms. The van der Waals surface area contributed by atoms with E-state index in [2.05, 4.69) is 40.4 Å². The lowest BCUT2D eigenvalue weighted by molar-refractivity contribution is -0.120. The Bertz CT molecular complexity index is 1860. The summed E-state index contributed by atoms with van der Waals surface area (Å²) in [7, 11) is 0. The third-order valence-electron chi connectivity index (χ3n) is 7.36. The summed E-state index contributed by atoms with van der Waals surface area (Å²) in [6.45, 7) is 0. The summed E-state index contributed by atoms with van der Waals surface area (Å²) >= 11 is 0. The molecule has 1 amide bonds. The molecule has 6 aromatic heterocycles. The van der Waals surface area contributed by atoms with E-state index in [1.54, 1.807) is 30.9 Å². The van der Waals surface area contributed by atoms with Gasteiger partial charge in [-0.2, -0.15) is 5.10 Å². The molecule has 1 saturated carbocycles. The normalized spacial score (nSPS) is 14.1. The van der Waals surface area contributed by atoms with Crippen LogP contribution in [0.3, 0.4) is 0 Å². The highest BCUT2D eigenvalue weighted by Crippen LogP contribution is 2.34. The number of rotatable bonds is 5. The number of imidazole rings is 1. The number of hydrogen-bond acceptors (Lipinski definition) is 7. The first-order valence-electron chi connectivity index (χ1n) is 13.2. The van der Waals surface area contributed by atoms with E-state index in [0.717, 1.165) is 36.8 Å². The largest absolute Gasteiger partial charge is 0.336 e.